The molecule has 5 nitrogen and oxygen atoms in total. The van der Waals surface area contributed by atoms with Crippen molar-refractivity contribution in [2.24, 2.45) is 5.92 Å². The number of hydrogen-bond donors (Lipinski definition) is 0. The van der Waals surface area contributed by atoms with Crippen LogP contribution in [0.2, 0.25) is 0 Å². The van der Waals surface area contributed by atoms with E-state index in [1.54, 1.807) is 18.2 Å². The van der Waals surface area contributed by atoms with Crippen LogP contribution in [-0.4, -0.2) is 24.1 Å². The number of para-hydroxylation sites is 2. The van der Waals surface area contributed by atoms with Gasteiger partial charge >= 0.3 is 11.9 Å². The van der Waals surface area contributed by atoms with E-state index in [2.05, 4.69) is 0 Å². The van der Waals surface area contributed by atoms with E-state index >= 15 is 0 Å². The second kappa shape index (κ2) is 9.96. The first-order chi connectivity index (χ1) is 11.3. The summed E-state index contributed by atoms with van der Waals surface area (Å²) in [5, 5.41) is 0. The molecule has 0 fully saturated rings. The van der Waals surface area contributed by atoms with Crippen molar-refractivity contribution in [1.29, 1.82) is 0 Å². The smallest absolute Gasteiger partial charge is 0.311 e. The molecule has 0 aliphatic heterocycles. The molecule has 1 aromatic rings. The molecule has 0 N–H and O–H groups in total. The lowest BCUT2D eigenvalue weighted by molar-refractivity contribution is -0.153. The molecule has 0 aliphatic rings. The Labute approximate surface area is 144 Å². The van der Waals surface area contributed by atoms with Gasteiger partial charge in [0, 0.05) is 0 Å². The zero-order chi connectivity index (χ0) is 18.1. The Morgan fingerprint density at radius 2 is 1.54 bits per heavy atom. The highest BCUT2D eigenvalue weighted by molar-refractivity contribution is 5.79. The molecule has 5 heteroatoms. The van der Waals surface area contributed by atoms with E-state index in [1.807, 2.05) is 40.7 Å². The Bertz CT molecular complexity index is 536. The van der Waals surface area contributed by atoms with Crippen molar-refractivity contribution in [2.75, 3.05) is 0 Å². The highest BCUT2D eigenvalue weighted by Gasteiger charge is 2.18. The Hall–Kier alpha value is -2.04. The van der Waals surface area contributed by atoms with Crippen molar-refractivity contribution >= 4 is 11.9 Å². The minimum atomic E-state index is -0.482. The van der Waals surface area contributed by atoms with Crippen molar-refractivity contribution in [3.63, 3.8) is 0 Å². The second-order valence-corrected chi connectivity index (χ2v) is 6.27. The van der Waals surface area contributed by atoms with Gasteiger partial charge in [-0.25, -0.2) is 0 Å². The Kier molecular flexibility index (Phi) is 8.30. The number of rotatable bonds is 9. The van der Waals surface area contributed by atoms with Crippen LogP contribution in [0.3, 0.4) is 0 Å². The number of esters is 2. The monoisotopic (exact) mass is 336 g/mol. The predicted molar refractivity (Wildman–Crippen MR) is 92.1 cm³/mol. The van der Waals surface area contributed by atoms with Crippen molar-refractivity contribution in [1.82, 2.24) is 0 Å². The van der Waals surface area contributed by atoms with Crippen LogP contribution < -0.4 is 9.47 Å². The molecule has 0 saturated heterocycles. The topological polar surface area (TPSA) is 61.8 Å². The number of carbonyl (C=O) groups is 2. The molecule has 0 heterocycles. The predicted octanol–water partition coefficient (Wildman–Crippen LogP) is 4.14. The first kappa shape index (κ1) is 20.0. The summed E-state index contributed by atoms with van der Waals surface area (Å²) in [5.41, 5.74) is 0. The molecule has 0 saturated carbocycles. The van der Waals surface area contributed by atoms with E-state index in [0.717, 1.165) is 6.42 Å². The van der Waals surface area contributed by atoms with Gasteiger partial charge < -0.3 is 14.2 Å². The largest absolute Gasteiger partial charge is 0.487 e. The number of ether oxygens (including phenoxy) is 3. The van der Waals surface area contributed by atoms with E-state index in [-0.39, 0.29) is 36.9 Å². The Balaban J connectivity index is 2.51. The standard InChI is InChI=1S/C19H28O5/c1-6-15(13(2)3)23-18(20)11-12-19(21)24-17-10-8-7-9-16(17)22-14(4)5/h7-10,13-15H,6,11-12H2,1-5H3. The van der Waals surface area contributed by atoms with Gasteiger partial charge in [-0.05, 0) is 38.3 Å². The highest BCUT2D eigenvalue weighted by Crippen LogP contribution is 2.27. The second-order valence-electron chi connectivity index (χ2n) is 6.27. The highest BCUT2D eigenvalue weighted by atomic mass is 16.6. The summed E-state index contributed by atoms with van der Waals surface area (Å²) in [6.45, 7) is 9.77. The summed E-state index contributed by atoms with van der Waals surface area (Å²) >= 11 is 0. The molecule has 0 spiro atoms. The van der Waals surface area contributed by atoms with Gasteiger partial charge in [-0.15, -0.1) is 0 Å². The minimum absolute atomic E-state index is 0.00918. The molecule has 24 heavy (non-hydrogen) atoms. The van der Waals surface area contributed by atoms with Gasteiger partial charge in [0.05, 0.1) is 18.9 Å². The zero-order valence-electron chi connectivity index (χ0n) is 15.2. The first-order valence-corrected chi connectivity index (χ1v) is 8.49. The summed E-state index contributed by atoms with van der Waals surface area (Å²) < 4.78 is 16.3. The lowest BCUT2D eigenvalue weighted by Gasteiger charge is -2.19. The molecule has 1 rings (SSSR count). The van der Waals surface area contributed by atoms with Crippen LogP contribution in [0, 0.1) is 5.92 Å². The van der Waals surface area contributed by atoms with Crippen molar-refractivity contribution < 1.29 is 23.8 Å². The molecular formula is C19H28O5. The van der Waals surface area contributed by atoms with Crippen LogP contribution in [0.4, 0.5) is 0 Å². The van der Waals surface area contributed by atoms with E-state index in [9.17, 15) is 9.59 Å². The van der Waals surface area contributed by atoms with Gasteiger partial charge in [0.1, 0.15) is 6.10 Å². The van der Waals surface area contributed by atoms with Gasteiger partial charge in [0.25, 0.3) is 0 Å². The summed E-state index contributed by atoms with van der Waals surface area (Å²) in [6, 6.07) is 6.98. The summed E-state index contributed by atoms with van der Waals surface area (Å²) in [4.78, 5) is 23.8. The van der Waals surface area contributed by atoms with E-state index in [4.69, 9.17) is 14.2 Å². The maximum absolute atomic E-state index is 12.0. The van der Waals surface area contributed by atoms with Crippen LogP contribution >= 0.6 is 0 Å². The summed E-state index contributed by atoms with van der Waals surface area (Å²) in [6.07, 6.45) is 0.599. The van der Waals surface area contributed by atoms with Crippen LogP contribution in [0.5, 0.6) is 11.5 Å². The van der Waals surface area contributed by atoms with E-state index in [0.29, 0.717) is 11.5 Å². The fraction of sp³-hybridized carbons (Fsp3) is 0.579. The first-order valence-electron chi connectivity index (χ1n) is 8.49. The van der Waals surface area contributed by atoms with Crippen LogP contribution in [-0.2, 0) is 14.3 Å². The number of hydrogen-bond acceptors (Lipinski definition) is 5. The third kappa shape index (κ3) is 7.02. The van der Waals surface area contributed by atoms with Gasteiger partial charge in [-0.3, -0.25) is 9.59 Å². The quantitative estimate of drug-likeness (QED) is 0.501. The fourth-order valence-electron chi connectivity index (χ4n) is 2.18. The van der Waals surface area contributed by atoms with Crippen LogP contribution in [0.15, 0.2) is 24.3 Å². The van der Waals surface area contributed by atoms with E-state index < -0.39 is 5.97 Å². The molecule has 0 radical (unpaired) electrons. The van der Waals surface area contributed by atoms with Crippen molar-refractivity contribution in [3.05, 3.63) is 24.3 Å². The van der Waals surface area contributed by atoms with Gasteiger partial charge in [-0.2, -0.15) is 0 Å². The molecule has 0 aromatic heterocycles. The third-order valence-corrected chi connectivity index (χ3v) is 3.40. The average Bonchev–Trinajstić information content (AvgIpc) is 2.51. The Morgan fingerprint density at radius 3 is 2.08 bits per heavy atom. The molecule has 1 aromatic carbocycles. The SMILES string of the molecule is CCC(OC(=O)CCC(=O)Oc1ccccc1OC(C)C)C(C)C. The normalized spacial score (nSPS) is 12.1. The van der Waals surface area contributed by atoms with Crippen LogP contribution in [0.25, 0.3) is 0 Å². The average molecular weight is 336 g/mol. The lowest BCUT2D eigenvalue weighted by Crippen LogP contribution is -2.23. The number of carbonyl (C=O) groups excluding carboxylic acids is 2. The molecule has 0 aliphatic carbocycles. The third-order valence-electron chi connectivity index (χ3n) is 3.40. The van der Waals surface area contributed by atoms with Gasteiger partial charge in [-0.1, -0.05) is 32.9 Å². The van der Waals surface area contributed by atoms with E-state index in [1.165, 1.54) is 0 Å². The summed E-state index contributed by atoms with van der Waals surface area (Å²) in [5.74, 6) is 0.266. The maximum atomic E-state index is 12.0. The van der Waals surface area contributed by atoms with Crippen LogP contribution in [0.1, 0.15) is 53.9 Å². The molecular weight excluding hydrogens is 308 g/mol. The fourth-order valence-corrected chi connectivity index (χ4v) is 2.18. The van der Waals surface area contributed by atoms with Crippen molar-refractivity contribution in [3.8, 4) is 11.5 Å². The summed E-state index contributed by atoms with van der Waals surface area (Å²) in [7, 11) is 0. The molecule has 134 valence electrons. The lowest BCUT2D eigenvalue weighted by atomic mass is 10.1. The number of benzene rings is 1. The maximum Gasteiger partial charge on any atom is 0.311 e. The molecule has 0 bridgehead atoms. The minimum Gasteiger partial charge on any atom is -0.487 e. The zero-order valence-corrected chi connectivity index (χ0v) is 15.2. The molecule has 1 atom stereocenters. The van der Waals surface area contributed by atoms with Crippen molar-refractivity contribution in [2.45, 2.75) is 66.1 Å². The van der Waals surface area contributed by atoms with Gasteiger partial charge in [0.2, 0.25) is 0 Å². The Morgan fingerprint density at radius 1 is 0.958 bits per heavy atom. The molecule has 1 unspecified atom stereocenters. The van der Waals surface area contributed by atoms with Gasteiger partial charge in [0.15, 0.2) is 11.5 Å². The molecule has 0 amide bonds.